The highest BCUT2D eigenvalue weighted by atomic mass is 16.5. The third kappa shape index (κ3) is 4.50. The van der Waals surface area contributed by atoms with E-state index in [0.717, 1.165) is 29.8 Å². The Kier molecular flexibility index (Phi) is 4.41. The Morgan fingerprint density at radius 3 is 2.10 bits per heavy atom. The van der Waals surface area contributed by atoms with Crippen LogP contribution in [0.4, 0.5) is 0 Å². The van der Waals surface area contributed by atoms with Gasteiger partial charge in [-0.2, -0.15) is 0 Å². The molecular formula is C18H21NO2. The Labute approximate surface area is 125 Å². The third-order valence-electron chi connectivity index (χ3n) is 3.46. The molecule has 1 saturated carbocycles. The predicted molar refractivity (Wildman–Crippen MR) is 84.2 cm³/mol. The molecule has 1 aliphatic rings. The quantitative estimate of drug-likeness (QED) is 0.781. The van der Waals surface area contributed by atoms with Crippen molar-refractivity contribution in [2.75, 3.05) is 13.2 Å². The van der Waals surface area contributed by atoms with Gasteiger partial charge in [-0.15, -0.1) is 0 Å². The van der Waals surface area contributed by atoms with Crippen LogP contribution in [-0.4, -0.2) is 19.2 Å². The maximum Gasteiger partial charge on any atom is 0.127 e. The van der Waals surface area contributed by atoms with Crippen LogP contribution in [0, 0.1) is 6.92 Å². The van der Waals surface area contributed by atoms with Gasteiger partial charge in [0.05, 0.1) is 0 Å². The number of ether oxygens (including phenoxy) is 2. The summed E-state index contributed by atoms with van der Waals surface area (Å²) in [6.45, 7) is 3.68. The van der Waals surface area contributed by atoms with Gasteiger partial charge in [-0.25, -0.2) is 0 Å². The molecule has 1 aliphatic carbocycles. The lowest BCUT2D eigenvalue weighted by Gasteiger charge is -2.09. The van der Waals surface area contributed by atoms with Crippen LogP contribution in [0.1, 0.15) is 18.4 Å². The van der Waals surface area contributed by atoms with E-state index in [1.807, 2.05) is 48.5 Å². The van der Waals surface area contributed by atoms with Crippen LogP contribution in [0.2, 0.25) is 0 Å². The molecule has 2 aromatic rings. The maximum atomic E-state index is 5.79. The molecule has 3 nitrogen and oxygen atoms in total. The standard InChI is InChI=1S/C18H21NO2/c1-14-2-6-17(7-3-14)21-18-10-8-16(9-11-18)20-13-12-19-15-4-5-15/h2-3,6-11,15,19H,4-5,12-13H2,1H3. The van der Waals surface area contributed by atoms with Crippen molar-refractivity contribution in [3.05, 3.63) is 54.1 Å². The molecule has 0 bridgehead atoms. The van der Waals surface area contributed by atoms with Crippen molar-refractivity contribution >= 4 is 0 Å². The van der Waals surface area contributed by atoms with Crippen molar-refractivity contribution < 1.29 is 9.47 Å². The minimum Gasteiger partial charge on any atom is -0.492 e. The molecular weight excluding hydrogens is 262 g/mol. The maximum absolute atomic E-state index is 5.79. The summed E-state index contributed by atoms with van der Waals surface area (Å²) in [4.78, 5) is 0. The van der Waals surface area contributed by atoms with Crippen LogP contribution in [0.5, 0.6) is 17.2 Å². The lowest BCUT2D eigenvalue weighted by Crippen LogP contribution is -2.22. The summed E-state index contributed by atoms with van der Waals surface area (Å²) in [7, 11) is 0. The zero-order chi connectivity index (χ0) is 14.5. The summed E-state index contributed by atoms with van der Waals surface area (Å²) in [5.41, 5.74) is 1.23. The SMILES string of the molecule is Cc1ccc(Oc2ccc(OCCNC3CC3)cc2)cc1. The van der Waals surface area contributed by atoms with E-state index in [-0.39, 0.29) is 0 Å². The fourth-order valence-corrected chi connectivity index (χ4v) is 2.07. The van der Waals surface area contributed by atoms with Gasteiger partial charge in [0.1, 0.15) is 23.9 Å². The van der Waals surface area contributed by atoms with Crippen LogP contribution in [-0.2, 0) is 0 Å². The average Bonchev–Trinajstić information content (AvgIpc) is 3.32. The zero-order valence-electron chi connectivity index (χ0n) is 12.3. The van der Waals surface area contributed by atoms with Gasteiger partial charge in [0.15, 0.2) is 0 Å². The summed E-state index contributed by atoms with van der Waals surface area (Å²) in [6.07, 6.45) is 2.62. The number of benzene rings is 2. The van der Waals surface area contributed by atoms with Gasteiger partial charge in [0, 0.05) is 12.6 Å². The monoisotopic (exact) mass is 283 g/mol. The van der Waals surface area contributed by atoms with Gasteiger partial charge in [-0.05, 0) is 56.2 Å². The largest absolute Gasteiger partial charge is 0.492 e. The molecule has 0 atom stereocenters. The molecule has 1 fully saturated rings. The fourth-order valence-electron chi connectivity index (χ4n) is 2.07. The molecule has 0 aliphatic heterocycles. The second-order valence-corrected chi connectivity index (χ2v) is 5.46. The number of aryl methyl sites for hydroxylation is 1. The smallest absolute Gasteiger partial charge is 0.127 e. The van der Waals surface area contributed by atoms with Crippen LogP contribution in [0.25, 0.3) is 0 Å². The Hall–Kier alpha value is -2.00. The molecule has 110 valence electrons. The lowest BCUT2D eigenvalue weighted by atomic mass is 10.2. The van der Waals surface area contributed by atoms with E-state index < -0.39 is 0 Å². The van der Waals surface area contributed by atoms with Gasteiger partial charge >= 0.3 is 0 Å². The Balaban J connectivity index is 1.47. The topological polar surface area (TPSA) is 30.5 Å². The van der Waals surface area contributed by atoms with Crippen molar-refractivity contribution in [1.82, 2.24) is 5.32 Å². The summed E-state index contributed by atoms with van der Waals surface area (Å²) in [5.74, 6) is 2.55. The third-order valence-corrected chi connectivity index (χ3v) is 3.46. The number of hydrogen-bond acceptors (Lipinski definition) is 3. The molecule has 0 amide bonds. The second kappa shape index (κ2) is 6.64. The van der Waals surface area contributed by atoms with Gasteiger partial charge in [0.25, 0.3) is 0 Å². The Morgan fingerprint density at radius 1 is 0.905 bits per heavy atom. The summed E-state index contributed by atoms with van der Waals surface area (Å²) in [5, 5.41) is 3.43. The molecule has 21 heavy (non-hydrogen) atoms. The first-order valence-corrected chi connectivity index (χ1v) is 7.50. The van der Waals surface area contributed by atoms with Crippen molar-refractivity contribution in [1.29, 1.82) is 0 Å². The van der Waals surface area contributed by atoms with Crippen molar-refractivity contribution in [3.63, 3.8) is 0 Å². The Morgan fingerprint density at radius 2 is 1.48 bits per heavy atom. The zero-order valence-corrected chi connectivity index (χ0v) is 12.3. The molecule has 0 heterocycles. The van der Waals surface area contributed by atoms with Crippen molar-refractivity contribution in [3.8, 4) is 17.2 Å². The lowest BCUT2D eigenvalue weighted by molar-refractivity contribution is 0.313. The highest BCUT2D eigenvalue weighted by Gasteiger charge is 2.19. The number of rotatable bonds is 7. The van der Waals surface area contributed by atoms with E-state index in [2.05, 4.69) is 12.2 Å². The van der Waals surface area contributed by atoms with Crippen LogP contribution in [0.15, 0.2) is 48.5 Å². The van der Waals surface area contributed by atoms with Crippen molar-refractivity contribution in [2.45, 2.75) is 25.8 Å². The molecule has 0 aromatic heterocycles. The van der Waals surface area contributed by atoms with E-state index in [0.29, 0.717) is 6.61 Å². The Bertz CT molecular complexity index is 559. The normalized spacial score (nSPS) is 14.0. The van der Waals surface area contributed by atoms with Crippen molar-refractivity contribution in [2.24, 2.45) is 0 Å². The summed E-state index contributed by atoms with van der Waals surface area (Å²) in [6, 6.07) is 16.5. The van der Waals surface area contributed by atoms with E-state index in [1.54, 1.807) is 0 Å². The summed E-state index contributed by atoms with van der Waals surface area (Å²) < 4.78 is 11.5. The predicted octanol–water partition coefficient (Wildman–Crippen LogP) is 3.92. The molecule has 1 N–H and O–H groups in total. The highest BCUT2D eigenvalue weighted by molar-refractivity contribution is 5.36. The molecule has 0 unspecified atom stereocenters. The first-order valence-electron chi connectivity index (χ1n) is 7.50. The van der Waals surface area contributed by atoms with E-state index >= 15 is 0 Å². The number of hydrogen-bond donors (Lipinski definition) is 1. The highest BCUT2D eigenvalue weighted by Crippen LogP contribution is 2.24. The minimum atomic E-state index is 0.703. The molecule has 3 heteroatoms. The second-order valence-electron chi connectivity index (χ2n) is 5.46. The van der Waals surface area contributed by atoms with Crippen LogP contribution >= 0.6 is 0 Å². The molecule has 2 aromatic carbocycles. The summed E-state index contributed by atoms with van der Waals surface area (Å²) >= 11 is 0. The van der Waals surface area contributed by atoms with Gasteiger partial charge in [0.2, 0.25) is 0 Å². The van der Waals surface area contributed by atoms with E-state index in [1.165, 1.54) is 18.4 Å². The average molecular weight is 283 g/mol. The van der Waals surface area contributed by atoms with E-state index in [4.69, 9.17) is 9.47 Å². The van der Waals surface area contributed by atoms with Crippen LogP contribution in [0.3, 0.4) is 0 Å². The number of nitrogens with one attached hydrogen (secondary N) is 1. The minimum absolute atomic E-state index is 0.703. The first kappa shape index (κ1) is 14.0. The molecule has 0 saturated heterocycles. The molecule has 3 rings (SSSR count). The first-order chi connectivity index (χ1) is 10.3. The van der Waals surface area contributed by atoms with Crippen LogP contribution < -0.4 is 14.8 Å². The fraction of sp³-hybridized carbons (Fsp3) is 0.333. The molecule has 0 spiro atoms. The van der Waals surface area contributed by atoms with Gasteiger partial charge in [-0.3, -0.25) is 0 Å². The van der Waals surface area contributed by atoms with E-state index in [9.17, 15) is 0 Å². The van der Waals surface area contributed by atoms with Gasteiger partial charge < -0.3 is 14.8 Å². The molecule has 0 radical (unpaired) electrons. The van der Waals surface area contributed by atoms with Gasteiger partial charge in [-0.1, -0.05) is 17.7 Å².